The molecule has 0 N–H and O–H groups in total. The zero-order chi connectivity index (χ0) is 26.2. The first kappa shape index (κ1) is 23.9. The van der Waals surface area contributed by atoms with Crippen molar-refractivity contribution in [2.45, 2.75) is 19.5 Å². The molecule has 1 aliphatic rings. The highest BCUT2D eigenvalue weighted by Crippen LogP contribution is 2.30. The fraction of sp³-hybridized carbons (Fsp3) is 0.129. The summed E-state index contributed by atoms with van der Waals surface area (Å²) in [5.41, 5.74) is 4.83. The van der Waals surface area contributed by atoms with E-state index in [4.69, 9.17) is 4.74 Å². The van der Waals surface area contributed by atoms with Crippen LogP contribution < -0.4 is 14.9 Å². The van der Waals surface area contributed by atoms with Gasteiger partial charge in [0, 0.05) is 29.2 Å². The van der Waals surface area contributed by atoms with E-state index in [1.165, 1.54) is 24.0 Å². The predicted molar refractivity (Wildman–Crippen MR) is 150 cm³/mol. The number of benzene rings is 3. The number of hydrogen-bond acceptors (Lipinski definition) is 5. The second-order valence-corrected chi connectivity index (χ2v) is 10.2. The van der Waals surface area contributed by atoms with E-state index in [-0.39, 0.29) is 5.56 Å². The number of ether oxygens (including phenoxy) is 1. The number of allylic oxidation sites excluding steroid dienone is 1. The minimum atomic E-state index is -0.610. The molecule has 5 aromatic rings. The van der Waals surface area contributed by atoms with Gasteiger partial charge in [-0.05, 0) is 30.2 Å². The van der Waals surface area contributed by atoms with Crippen LogP contribution in [0.1, 0.15) is 29.7 Å². The third-order valence-electron chi connectivity index (χ3n) is 6.84. The highest BCUT2D eigenvalue weighted by atomic mass is 32.1. The monoisotopic (exact) mass is 519 g/mol. The fourth-order valence-corrected chi connectivity index (χ4v) is 6.12. The first-order chi connectivity index (χ1) is 18.5. The Morgan fingerprint density at radius 3 is 2.42 bits per heavy atom. The smallest absolute Gasteiger partial charge is 0.338 e. The van der Waals surface area contributed by atoms with Crippen LogP contribution in [0.25, 0.3) is 17.0 Å². The Hall–Kier alpha value is -4.49. The lowest BCUT2D eigenvalue weighted by atomic mass is 9.96. The van der Waals surface area contributed by atoms with Gasteiger partial charge in [0.1, 0.15) is 0 Å². The molecule has 0 aliphatic carbocycles. The van der Waals surface area contributed by atoms with Crippen molar-refractivity contribution in [1.82, 2.24) is 9.13 Å². The van der Waals surface area contributed by atoms with Crippen LogP contribution in [0.4, 0.5) is 0 Å². The third-order valence-corrected chi connectivity index (χ3v) is 7.83. The maximum Gasteiger partial charge on any atom is 0.338 e. The van der Waals surface area contributed by atoms with Gasteiger partial charge in [0.2, 0.25) is 0 Å². The van der Waals surface area contributed by atoms with Gasteiger partial charge in [0.25, 0.3) is 5.56 Å². The maximum atomic E-state index is 13.9. The van der Waals surface area contributed by atoms with Crippen molar-refractivity contribution < 1.29 is 9.53 Å². The van der Waals surface area contributed by atoms with Crippen molar-refractivity contribution in [3.63, 3.8) is 0 Å². The Morgan fingerprint density at radius 2 is 1.68 bits per heavy atom. The van der Waals surface area contributed by atoms with Crippen molar-refractivity contribution in [1.29, 1.82) is 0 Å². The minimum absolute atomic E-state index is 0.184. The number of esters is 1. The van der Waals surface area contributed by atoms with Gasteiger partial charge in [-0.15, -0.1) is 0 Å². The number of thiazole rings is 1. The van der Waals surface area contributed by atoms with Crippen molar-refractivity contribution in [3.05, 3.63) is 139 Å². The van der Waals surface area contributed by atoms with E-state index in [9.17, 15) is 9.59 Å². The first-order valence-electron chi connectivity index (χ1n) is 12.3. The summed E-state index contributed by atoms with van der Waals surface area (Å²) in [7, 11) is 1.35. The Morgan fingerprint density at radius 1 is 1.00 bits per heavy atom. The highest BCUT2D eigenvalue weighted by Gasteiger charge is 2.32. The number of rotatable bonds is 5. The number of para-hydroxylation sites is 1. The number of hydrogen-bond donors (Lipinski definition) is 0. The van der Waals surface area contributed by atoms with Crippen LogP contribution in [0.2, 0.25) is 0 Å². The summed E-state index contributed by atoms with van der Waals surface area (Å²) in [6.07, 6.45) is 4.03. The van der Waals surface area contributed by atoms with Gasteiger partial charge >= 0.3 is 5.97 Å². The quantitative estimate of drug-likeness (QED) is 0.323. The average Bonchev–Trinajstić information content (AvgIpc) is 3.45. The molecule has 188 valence electrons. The van der Waals surface area contributed by atoms with Gasteiger partial charge < -0.3 is 9.30 Å². The molecule has 0 spiro atoms. The Labute approximate surface area is 223 Å². The second kappa shape index (κ2) is 9.76. The summed E-state index contributed by atoms with van der Waals surface area (Å²) >= 11 is 1.33. The normalized spacial score (nSPS) is 15.4. The van der Waals surface area contributed by atoms with E-state index in [1.54, 1.807) is 11.5 Å². The molecule has 0 saturated heterocycles. The van der Waals surface area contributed by atoms with E-state index < -0.39 is 12.0 Å². The molecule has 0 radical (unpaired) electrons. The van der Waals surface area contributed by atoms with Crippen molar-refractivity contribution in [3.8, 4) is 0 Å². The van der Waals surface area contributed by atoms with Gasteiger partial charge in [-0.25, -0.2) is 9.79 Å². The zero-order valence-corrected chi connectivity index (χ0v) is 21.8. The molecule has 1 unspecified atom stereocenters. The number of fused-ring (bicyclic) bond motifs is 2. The molecule has 7 heteroatoms. The number of nitrogens with zero attached hydrogens (tertiary/aromatic N) is 3. The van der Waals surface area contributed by atoms with Crippen LogP contribution in [0.3, 0.4) is 0 Å². The number of carbonyl (C=O) groups is 1. The van der Waals surface area contributed by atoms with E-state index >= 15 is 0 Å². The summed E-state index contributed by atoms with van der Waals surface area (Å²) < 4.78 is 9.48. The van der Waals surface area contributed by atoms with Gasteiger partial charge in [-0.1, -0.05) is 90.2 Å². The van der Waals surface area contributed by atoms with Crippen molar-refractivity contribution >= 4 is 34.3 Å². The highest BCUT2D eigenvalue weighted by molar-refractivity contribution is 7.07. The topological polar surface area (TPSA) is 65.6 Å². The molecule has 1 atom stereocenters. The van der Waals surface area contributed by atoms with E-state index in [0.717, 1.165) is 28.6 Å². The lowest BCUT2D eigenvalue weighted by molar-refractivity contribution is -0.136. The zero-order valence-electron chi connectivity index (χ0n) is 21.0. The standard InChI is InChI=1S/C31H25N3O3S/c1-20-27(30(36)37-2)28(22-13-7-4-8-14-22)34-29(35)26(38-31(34)32-20)17-23-19-33(18-21-11-5-3-6-12-21)25-16-10-9-15-24(23)25/h3-17,19,28H,18H2,1-2H3. The van der Waals surface area contributed by atoms with E-state index in [1.807, 2.05) is 66.7 Å². The Balaban J connectivity index is 1.53. The van der Waals surface area contributed by atoms with Crippen LogP contribution in [0, 0.1) is 0 Å². The molecule has 6 rings (SSSR count). The van der Waals surface area contributed by atoms with Crippen LogP contribution in [-0.4, -0.2) is 22.2 Å². The van der Waals surface area contributed by atoms with Crippen LogP contribution in [0.5, 0.6) is 0 Å². The van der Waals surface area contributed by atoms with Gasteiger partial charge in [0.15, 0.2) is 4.80 Å². The molecule has 6 nitrogen and oxygen atoms in total. The largest absolute Gasteiger partial charge is 0.466 e. The third kappa shape index (κ3) is 4.11. The van der Waals surface area contributed by atoms with Gasteiger partial charge in [-0.3, -0.25) is 9.36 Å². The lowest BCUT2D eigenvalue weighted by Crippen LogP contribution is -2.39. The molecule has 2 aromatic heterocycles. The van der Waals surface area contributed by atoms with Crippen molar-refractivity contribution in [2.24, 2.45) is 4.99 Å². The number of carbonyl (C=O) groups excluding carboxylic acids is 1. The first-order valence-corrected chi connectivity index (χ1v) is 13.1. The molecular weight excluding hydrogens is 494 g/mol. The SMILES string of the molecule is COC(=O)C1=C(C)N=c2sc(=Cc3cn(Cc4ccccc4)c4ccccc34)c(=O)n2C1c1ccccc1. The Kier molecular flexibility index (Phi) is 6.13. The molecule has 3 aromatic carbocycles. The fourth-order valence-electron chi connectivity index (χ4n) is 5.09. The van der Waals surface area contributed by atoms with E-state index in [2.05, 4.69) is 40.0 Å². The van der Waals surface area contributed by atoms with Gasteiger partial charge in [0.05, 0.1) is 29.0 Å². The second-order valence-electron chi connectivity index (χ2n) is 9.20. The van der Waals surface area contributed by atoms with Crippen molar-refractivity contribution in [2.75, 3.05) is 7.11 Å². The summed E-state index contributed by atoms with van der Waals surface area (Å²) in [6, 6.07) is 27.4. The summed E-state index contributed by atoms with van der Waals surface area (Å²) in [5, 5.41) is 1.07. The van der Waals surface area contributed by atoms with Crippen LogP contribution >= 0.6 is 11.3 Å². The lowest BCUT2D eigenvalue weighted by Gasteiger charge is -2.24. The summed E-state index contributed by atoms with van der Waals surface area (Å²) in [6.45, 7) is 2.52. The number of methoxy groups -OCH3 is 1. The molecule has 1 aliphatic heterocycles. The van der Waals surface area contributed by atoms with Gasteiger partial charge in [-0.2, -0.15) is 0 Å². The molecule has 0 saturated carbocycles. The van der Waals surface area contributed by atoms with E-state index in [0.29, 0.717) is 20.6 Å². The predicted octanol–water partition coefficient (Wildman–Crippen LogP) is 4.41. The molecule has 0 fully saturated rings. The molecular formula is C31H25N3O3S. The molecule has 38 heavy (non-hydrogen) atoms. The minimum Gasteiger partial charge on any atom is -0.466 e. The Bertz CT molecular complexity index is 1880. The summed E-state index contributed by atoms with van der Waals surface area (Å²) in [5.74, 6) is -0.488. The molecule has 0 bridgehead atoms. The molecule has 0 amide bonds. The number of aromatic nitrogens is 2. The summed E-state index contributed by atoms with van der Waals surface area (Å²) in [4.78, 5) is 31.9. The average molecular weight is 520 g/mol. The molecule has 3 heterocycles. The van der Waals surface area contributed by atoms with Crippen LogP contribution in [-0.2, 0) is 16.1 Å². The maximum absolute atomic E-state index is 13.9. The van der Waals surface area contributed by atoms with Crippen LogP contribution in [0.15, 0.2) is 112 Å².